The third-order valence-corrected chi connectivity index (χ3v) is 6.48. The standard InChI is InChI=1S/C21H33N3O5S/c1-17-5-7-18(8-6-17)30(27,28)16-9-19(25)22-10-11-23-12-14-24(15-13-23)20(26)29-21(2,3)4/h5-8H,9-16H2,1-4H3,(H,22,25). The molecule has 0 atom stereocenters. The maximum atomic E-state index is 12.3. The lowest BCUT2D eigenvalue weighted by atomic mass is 10.2. The summed E-state index contributed by atoms with van der Waals surface area (Å²) < 4.78 is 30.0. The van der Waals surface area contributed by atoms with Gasteiger partial charge in [0.2, 0.25) is 5.91 Å². The van der Waals surface area contributed by atoms with Crippen LogP contribution in [0.4, 0.5) is 4.79 Å². The van der Waals surface area contributed by atoms with E-state index in [-0.39, 0.29) is 29.1 Å². The summed E-state index contributed by atoms with van der Waals surface area (Å²) >= 11 is 0. The molecule has 0 unspecified atom stereocenters. The highest BCUT2D eigenvalue weighted by Gasteiger charge is 2.25. The van der Waals surface area contributed by atoms with Crippen LogP contribution in [0.5, 0.6) is 0 Å². The van der Waals surface area contributed by atoms with Crippen LogP contribution in [-0.4, -0.2) is 80.8 Å². The summed E-state index contributed by atoms with van der Waals surface area (Å²) in [7, 11) is -3.47. The molecule has 0 aliphatic carbocycles. The van der Waals surface area contributed by atoms with Crippen molar-refractivity contribution in [1.29, 1.82) is 0 Å². The first-order chi connectivity index (χ1) is 14.0. The molecule has 1 aromatic rings. The van der Waals surface area contributed by atoms with Crippen molar-refractivity contribution in [1.82, 2.24) is 15.1 Å². The molecule has 1 fully saturated rings. The van der Waals surface area contributed by atoms with Crippen LogP contribution < -0.4 is 5.32 Å². The molecule has 0 spiro atoms. The van der Waals surface area contributed by atoms with E-state index in [0.717, 1.165) is 5.56 Å². The number of amides is 2. The molecule has 0 saturated carbocycles. The lowest BCUT2D eigenvalue weighted by Crippen LogP contribution is -2.51. The van der Waals surface area contributed by atoms with Crippen LogP contribution in [0.1, 0.15) is 32.8 Å². The number of hydrogen-bond donors (Lipinski definition) is 1. The third-order valence-electron chi connectivity index (χ3n) is 4.75. The quantitative estimate of drug-likeness (QED) is 0.696. The van der Waals surface area contributed by atoms with Crippen molar-refractivity contribution in [2.24, 2.45) is 0 Å². The van der Waals surface area contributed by atoms with Crippen LogP contribution in [0.25, 0.3) is 0 Å². The summed E-state index contributed by atoms with van der Waals surface area (Å²) in [4.78, 5) is 28.2. The van der Waals surface area contributed by atoms with Gasteiger partial charge in [0.1, 0.15) is 5.60 Å². The Kier molecular flexibility index (Phi) is 8.25. The largest absolute Gasteiger partial charge is 0.444 e. The van der Waals surface area contributed by atoms with Crippen LogP contribution in [0.15, 0.2) is 29.2 Å². The highest BCUT2D eigenvalue weighted by atomic mass is 32.2. The zero-order chi connectivity index (χ0) is 22.4. The first kappa shape index (κ1) is 24.1. The monoisotopic (exact) mass is 439 g/mol. The lowest BCUT2D eigenvalue weighted by Gasteiger charge is -2.35. The average Bonchev–Trinajstić information content (AvgIpc) is 2.66. The molecule has 0 aromatic heterocycles. The van der Waals surface area contributed by atoms with Gasteiger partial charge in [0.05, 0.1) is 10.6 Å². The first-order valence-corrected chi connectivity index (χ1v) is 11.9. The van der Waals surface area contributed by atoms with Crippen LogP contribution in [0, 0.1) is 6.92 Å². The highest BCUT2D eigenvalue weighted by Crippen LogP contribution is 2.13. The van der Waals surface area contributed by atoms with Gasteiger partial charge in [-0.1, -0.05) is 17.7 Å². The summed E-state index contributed by atoms with van der Waals surface area (Å²) in [6.07, 6.45) is -0.368. The Hall–Kier alpha value is -2.13. The molecule has 30 heavy (non-hydrogen) atoms. The Morgan fingerprint density at radius 2 is 1.67 bits per heavy atom. The van der Waals surface area contributed by atoms with Crippen molar-refractivity contribution in [3.8, 4) is 0 Å². The lowest BCUT2D eigenvalue weighted by molar-refractivity contribution is -0.120. The van der Waals surface area contributed by atoms with E-state index in [4.69, 9.17) is 4.74 Å². The van der Waals surface area contributed by atoms with Gasteiger partial charge >= 0.3 is 6.09 Å². The number of nitrogens with zero attached hydrogens (tertiary/aromatic N) is 2. The SMILES string of the molecule is Cc1ccc(S(=O)(=O)CCC(=O)NCCN2CCN(C(=O)OC(C)(C)C)CC2)cc1. The minimum Gasteiger partial charge on any atom is -0.444 e. The van der Waals surface area contributed by atoms with Gasteiger partial charge in [0.15, 0.2) is 9.84 Å². The molecule has 168 valence electrons. The Balaban J connectivity index is 1.66. The van der Waals surface area contributed by atoms with Crippen LogP contribution in [-0.2, 0) is 19.4 Å². The third kappa shape index (κ3) is 7.95. The Bertz CT molecular complexity index is 823. The fraction of sp³-hybridized carbons (Fsp3) is 0.619. The Morgan fingerprint density at radius 1 is 1.07 bits per heavy atom. The Morgan fingerprint density at radius 3 is 2.23 bits per heavy atom. The van der Waals surface area contributed by atoms with Crippen molar-refractivity contribution >= 4 is 21.8 Å². The van der Waals surface area contributed by atoms with Crippen molar-refractivity contribution in [2.45, 2.75) is 44.6 Å². The number of ether oxygens (including phenoxy) is 1. The summed E-state index contributed by atoms with van der Waals surface area (Å²) in [5.41, 5.74) is 0.476. The van der Waals surface area contributed by atoms with Crippen LogP contribution in [0.3, 0.4) is 0 Å². The summed E-state index contributed by atoms with van der Waals surface area (Å²) in [6.45, 7) is 11.1. The number of sulfone groups is 1. The smallest absolute Gasteiger partial charge is 0.410 e. The van der Waals surface area contributed by atoms with Crippen molar-refractivity contribution in [3.05, 3.63) is 29.8 Å². The van der Waals surface area contributed by atoms with E-state index in [1.807, 2.05) is 27.7 Å². The molecule has 2 amide bonds. The highest BCUT2D eigenvalue weighted by molar-refractivity contribution is 7.91. The molecule has 8 nitrogen and oxygen atoms in total. The molecule has 1 N–H and O–H groups in total. The number of nitrogens with one attached hydrogen (secondary N) is 1. The molecule has 1 aromatic carbocycles. The fourth-order valence-electron chi connectivity index (χ4n) is 3.01. The summed E-state index contributed by atoms with van der Waals surface area (Å²) in [6, 6.07) is 6.63. The molecule has 2 rings (SSSR count). The molecule has 1 aliphatic rings. The minimum atomic E-state index is -3.47. The van der Waals surface area contributed by atoms with E-state index >= 15 is 0 Å². The first-order valence-electron chi connectivity index (χ1n) is 10.2. The second-order valence-electron chi connectivity index (χ2n) is 8.54. The minimum absolute atomic E-state index is 0.0668. The van der Waals surface area contributed by atoms with Crippen LogP contribution >= 0.6 is 0 Å². The van der Waals surface area contributed by atoms with Gasteiger partial charge in [-0.2, -0.15) is 0 Å². The molecular weight excluding hydrogens is 406 g/mol. The summed E-state index contributed by atoms with van der Waals surface area (Å²) in [5, 5.41) is 2.78. The zero-order valence-electron chi connectivity index (χ0n) is 18.3. The van der Waals surface area contributed by atoms with E-state index in [1.165, 1.54) is 0 Å². The molecule has 9 heteroatoms. The van der Waals surface area contributed by atoms with Crippen molar-refractivity contribution < 1.29 is 22.7 Å². The maximum Gasteiger partial charge on any atom is 0.410 e. The van der Waals surface area contributed by atoms with Gasteiger partial charge in [-0.05, 0) is 39.8 Å². The molecule has 0 bridgehead atoms. The maximum absolute atomic E-state index is 12.3. The number of piperazine rings is 1. The molecule has 1 heterocycles. The number of hydrogen-bond acceptors (Lipinski definition) is 6. The van der Waals surface area contributed by atoms with Crippen molar-refractivity contribution in [3.63, 3.8) is 0 Å². The number of carbonyl (C=O) groups is 2. The molecular formula is C21H33N3O5S. The van der Waals surface area contributed by atoms with Crippen molar-refractivity contribution in [2.75, 3.05) is 45.0 Å². The number of carbonyl (C=O) groups excluding carboxylic acids is 2. The van der Waals surface area contributed by atoms with E-state index < -0.39 is 15.4 Å². The number of rotatable bonds is 7. The zero-order valence-corrected chi connectivity index (χ0v) is 19.1. The Labute approximate surface area is 179 Å². The van der Waals surface area contributed by atoms with Gasteiger partial charge in [0, 0.05) is 45.7 Å². The fourth-order valence-corrected chi connectivity index (χ4v) is 4.25. The average molecular weight is 440 g/mol. The van der Waals surface area contributed by atoms with Gasteiger partial charge in [0.25, 0.3) is 0 Å². The van der Waals surface area contributed by atoms with E-state index in [1.54, 1.807) is 29.2 Å². The van der Waals surface area contributed by atoms with E-state index in [9.17, 15) is 18.0 Å². The van der Waals surface area contributed by atoms with Gasteiger partial charge in [-0.3, -0.25) is 9.69 Å². The van der Waals surface area contributed by atoms with Gasteiger partial charge in [-0.25, -0.2) is 13.2 Å². The topological polar surface area (TPSA) is 96.0 Å². The second kappa shape index (κ2) is 10.3. The molecule has 0 radical (unpaired) electrons. The predicted molar refractivity (Wildman–Crippen MR) is 115 cm³/mol. The second-order valence-corrected chi connectivity index (χ2v) is 10.7. The summed E-state index contributed by atoms with van der Waals surface area (Å²) in [5.74, 6) is -0.491. The van der Waals surface area contributed by atoms with Crippen LogP contribution in [0.2, 0.25) is 0 Å². The van der Waals surface area contributed by atoms with Gasteiger partial charge in [-0.15, -0.1) is 0 Å². The number of benzene rings is 1. The van der Waals surface area contributed by atoms with E-state index in [0.29, 0.717) is 39.3 Å². The van der Waals surface area contributed by atoms with Gasteiger partial charge < -0.3 is 15.0 Å². The molecule has 1 aliphatic heterocycles. The van der Waals surface area contributed by atoms with E-state index in [2.05, 4.69) is 10.2 Å². The molecule has 1 saturated heterocycles. The normalized spacial score (nSPS) is 15.7. The number of aryl methyl sites for hydroxylation is 1. The predicted octanol–water partition coefficient (Wildman–Crippen LogP) is 1.83.